The van der Waals surface area contributed by atoms with Crippen LogP contribution in [-0.2, 0) is 20.9 Å². The van der Waals surface area contributed by atoms with Gasteiger partial charge in [0.2, 0.25) is 11.8 Å². The van der Waals surface area contributed by atoms with Crippen molar-refractivity contribution in [1.82, 2.24) is 9.99 Å². The molecule has 110 valence electrons. The van der Waals surface area contributed by atoms with Crippen molar-refractivity contribution in [3.05, 3.63) is 35.9 Å². The lowest BCUT2D eigenvalue weighted by Crippen LogP contribution is -2.47. The van der Waals surface area contributed by atoms with Gasteiger partial charge in [0.25, 0.3) is 0 Å². The molecular weight excluding hydrogens is 390 g/mol. The Labute approximate surface area is 133 Å². The molecule has 0 bridgehead atoms. The highest BCUT2D eigenvalue weighted by Crippen LogP contribution is 2.29. The molecule has 0 aliphatic heterocycles. The van der Waals surface area contributed by atoms with Crippen LogP contribution in [0, 0.1) is 0 Å². The number of methoxy groups -OCH3 is 1. The average molecular weight is 408 g/mol. The molecule has 0 heterocycles. The molecule has 0 aromatic heterocycles. The van der Waals surface area contributed by atoms with E-state index in [9.17, 15) is 9.59 Å². The first-order valence-electron chi connectivity index (χ1n) is 6.06. The highest BCUT2D eigenvalue weighted by Gasteiger charge is 2.27. The van der Waals surface area contributed by atoms with Crippen molar-refractivity contribution in [2.24, 2.45) is 0 Å². The number of carbonyl (C=O) groups is 2. The zero-order valence-corrected chi connectivity index (χ0v) is 14.6. The first kappa shape index (κ1) is 17.3. The monoisotopic (exact) mass is 408 g/mol. The molecule has 1 aromatic rings. The molecule has 0 spiro atoms. The van der Waals surface area contributed by atoms with Crippen molar-refractivity contribution in [3.63, 3.8) is 0 Å². The topological polar surface area (TPSA) is 58.6 Å². The first-order chi connectivity index (χ1) is 9.60. The Morgan fingerprint density at radius 2 is 2.05 bits per heavy atom. The Bertz CT molecular complexity index is 445. The van der Waals surface area contributed by atoms with Gasteiger partial charge in [-0.05, 0) is 27.6 Å². The SMILES string of the molecule is COC[C@H](C(=O)NCc1ccccc1)N(PI)C(C)=O. The second-order valence-electron chi connectivity index (χ2n) is 4.15. The molecule has 0 fully saturated rings. The third kappa shape index (κ3) is 5.34. The molecule has 1 aromatic carbocycles. The van der Waals surface area contributed by atoms with E-state index in [1.54, 1.807) is 0 Å². The number of hydrogen-bond donors (Lipinski definition) is 1. The van der Waals surface area contributed by atoms with Gasteiger partial charge in [-0.25, -0.2) is 0 Å². The smallest absolute Gasteiger partial charge is 0.245 e. The average Bonchev–Trinajstić information content (AvgIpc) is 2.45. The fourth-order valence-corrected chi connectivity index (χ4v) is 4.12. The van der Waals surface area contributed by atoms with Crippen LogP contribution in [0.1, 0.15) is 12.5 Å². The highest BCUT2D eigenvalue weighted by atomic mass is 127. The molecule has 7 heteroatoms. The van der Waals surface area contributed by atoms with Crippen LogP contribution in [0.25, 0.3) is 0 Å². The molecule has 1 N–H and O–H groups in total. The number of rotatable bonds is 7. The molecule has 0 aliphatic carbocycles. The third-order valence-electron chi connectivity index (χ3n) is 2.68. The van der Waals surface area contributed by atoms with E-state index in [1.807, 2.05) is 30.3 Å². The highest BCUT2D eigenvalue weighted by molar-refractivity contribution is 14.2. The van der Waals surface area contributed by atoms with Gasteiger partial charge in [-0.15, -0.1) is 0 Å². The van der Waals surface area contributed by atoms with Gasteiger partial charge in [-0.1, -0.05) is 30.3 Å². The van der Waals surface area contributed by atoms with Gasteiger partial charge in [0.05, 0.1) is 6.61 Å². The lowest BCUT2D eigenvalue weighted by atomic mass is 10.2. The van der Waals surface area contributed by atoms with E-state index in [4.69, 9.17) is 4.74 Å². The molecule has 2 atom stereocenters. The largest absolute Gasteiger partial charge is 0.382 e. The van der Waals surface area contributed by atoms with Crippen molar-refractivity contribution in [2.45, 2.75) is 19.5 Å². The fourth-order valence-electron chi connectivity index (χ4n) is 1.67. The van der Waals surface area contributed by atoms with Crippen molar-refractivity contribution in [2.75, 3.05) is 13.7 Å². The van der Waals surface area contributed by atoms with Crippen molar-refractivity contribution in [1.29, 1.82) is 0 Å². The van der Waals surface area contributed by atoms with Crippen LogP contribution in [0.15, 0.2) is 30.3 Å². The molecule has 0 aliphatic rings. The summed E-state index contributed by atoms with van der Waals surface area (Å²) in [6.45, 7) is 2.09. The second kappa shape index (κ2) is 9.26. The van der Waals surface area contributed by atoms with E-state index in [-0.39, 0.29) is 24.8 Å². The molecule has 2 amide bonds. The Hall–Kier alpha value is -0.720. The van der Waals surface area contributed by atoms with E-state index in [1.165, 1.54) is 18.7 Å². The van der Waals surface area contributed by atoms with Crippen molar-refractivity contribution in [3.8, 4) is 0 Å². The molecule has 1 unspecified atom stereocenters. The Morgan fingerprint density at radius 3 is 2.55 bits per heavy atom. The number of hydrogen-bond acceptors (Lipinski definition) is 3. The molecule has 0 radical (unpaired) electrons. The molecule has 20 heavy (non-hydrogen) atoms. The number of amides is 2. The van der Waals surface area contributed by atoms with Crippen LogP contribution in [0.2, 0.25) is 0 Å². The van der Waals surface area contributed by atoms with E-state index >= 15 is 0 Å². The number of carbonyl (C=O) groups excluding carboxylic acids is 2. The minimum atomic E-state index is -0.587. The second-order valence-corrected chi connectivity index (χ2v) is 6.25. The number of benzene rings is 1. The minimum Gasteiger partial charge on any atom is -0.382 e. The molecule has 0 saturated heterocycles. The fraction of sp³-hybridized carbons (Fsp3) is 0.385. The lowest BCUT2D eigenvalue weighted by molar-refractivity contribution is -0.135. The van der Waals surface area contributed by atoms with Crippen LogP contribution in [-0.4, -0.2) is 36.2 Å². The zero-order valence-electron chi connectivity index (χ0n) is 11.4. The van der Waals surface area contributed by atoms with Gasteiger partial charge >= 0.3 is 0 Å². The van der Waals surface area contributed by atoms with Gasteiger partial charge in [-0.2, -0.15) is 0 Å². The summed E-state index contributed by atoms with van der Waals surface area (Å²) in [5.41, 5.74) is 1.02. The Balaban J connectivity index is 2.66. The van der Waals surface area contributed by atoms with Crippen LogP contribution >= 0.6 is 28.4 Å². The molecule has 1 rings (SSSR count). The maximum Gasteiger partial charge on any atom is 0.245 e. The number of nitrogens with one attached hydrogen (secondary N) is 1. The lowest BCUT2D eigenvalue weighted by Gasteiger charge is -2.27. The van der Waals surface area contributed by atoms with Gasteiger partial charge < -0.3 is 14.7 Å². The van der Waals surface area contributed by atoms with E-state index < -0.39 is 6.04 Å². The van der Waals surface area contributed by atoms with Crippen molar-refractivity contribution < 1.29 is 14.3 Å². The molecule has 0 saturated carbocycles. The van der Waals surface area contributed by atoms with Crippen LogP contribution < -0.4 is 5.32 Å². The summed E-state index contributed by atoms with van der Waals surface area (Å²) in [5.74, 6) is -0.329. The van der Waals surface area contributed by atoms with Crippen LogP contribution in [0.4, 0.5) is 0 Å². The maximum absolute atomic E-state index is 12.2. The summed E-state index contributed by atoms with van der Waals surface area (Å²) in [4.78, 5) is 23.8. The molecular formula is C13H18IN2O3P. The minimum absolute atomic E-state index is 0.130. The van der Waals surface area contributed by atoms with E-state index in [2.05, 4.69) is 27.4 Å². The quantitative estimate of drug-likeness (QED) is 0.556. The summed E-state index contributed by atoms with van der Waals surface area (Å²) in [5, 5.41) is 2.84. The summed E-state index contributed by atoms with van der Waals surface area (Å²) >= 11 is 2.09. The number of halogens is 1. The predicted molar refractivity (Wildman–Crippen MR) is 88.8 cm³/mol. The third-order valence-corrected chi connectivity index (χ3v) is 5.05. The van der Waals surface area contributed by atoms with E-state index in [0.717, 1.165) is 5.56 Å². The summed E-state index contributed by atoms with van der Waals surface area (Å²) in [6, 6.07) is 9.05. The summed E-state index contributed by atoms with van der Waals surface area (Å²) in [6.07, 6.45) is 0.196. The maximum atomic E-state index is 12.2. The predicted octanol–water partition coefficient (Wildman–Crippen LogP) is 2.11. The summed E-state index contributed by atoms with van der Waals surface area (Å²) < 4.78 is 6.57. The van der Waals surface area contributed by atoms with Crippen molar-refractivity contribution >= 4 is 40.2 Å². The number of nitrogens with zero attached hydrogens (tertiary/aromatic N) is 1. The van der Waals surface area contributed by atoms with Gasteiger partial charge in [0.1, 0.15) is 6.04 Å². The zero-order chi connectivity index (χ0) is 15.0. The van der Waals surface area contributed by atoms with Gasteiger partial charge in [0.15, 0.2) is 0 Å². The standard InChI is InChI=1S/C13H18IN2O3P/c1-10(17)16(20-14)12(9-19-2)13(18)15-8-11-6-4-3-5-7-11/h3-7,12,20H,8-9H2,1-2H3,(H,15,18)/t12-/m1/s1. The first-order valence-corrected chi connectivity index (χ1v) is 10.1. The Kier molecular flexibility index (Phi) is 8.02. The van der Waals surface area contributed by atoms with Crippen LogP contribution in [0.3, 0.4) is 0 Å². The Morgan fingerprint density at radius 1 is 1.40 bits per heavy atom. The number of ether oxygens (including phenoxy) is 1. The summed E-state index contributed by atoms with van der Waals surface area (Å²) in [7, 11) is 1.52. The molecule has 5 nitrogen and oxygen atoms in total. The van der Waals surface area contributed by atoms with Gasteiger partial charge in [0, 0.05) is 27.0 Å². The van der Waals surface area contributed by atoms with Crippen LogP contribution in [0.5, 0.6) is 0 Å². The van der Waals surface area contributed by atoms with Gasteiger partial charge in [-0.3, -0.25) is 9.59 Å². The normalized spacial score (nSPS) is 12.3. The van der Waals surface area contributed by atoms with E-state index in [0.29, 0.717) is 6.54 Å².